The van der Waals surface area contributed by atoms with Gasteiger partial charge in [-0.1, -0.05) is 30.3 Å². The van der Waals surface area contributed by atoms with E-state index in [0.29, 0.717) is 23.3 Å². The summed E-state index contributed by atoms with van der Waals surface area (Å²) in [6, 6.07) is 23.3. The van der Waals surface area contributed by atoms with Crippen LogP contribution < -0.4 is 15.8 Å². The molecule has 3 heterocycles. The number of ether oxygens (including phenoxy) is 1. The molecule has 0 bridgehead atoms. The highest BCUT2D eigenvalue weighted by atomic mass is 16.5. The van der Waals surface area contributed by atoms with E-state index < -0.39 is 0 Å². The number of aromatic amines is 1. The Balaban J connectivity index is 1.32. The fourth-order valence-electron chi connectivity index (χ4n) is 3.41. The van der Waals surface area contributed by atoms with Crippen LogP contribution in [0.1, 0.15) is 5.56 Å². The number of rotatable bonds is 6. The van der Waals surface area contributed by atoms with E-state index in [9.17, 15) is 0 Å². The van der Waals surface area contributed by atoms with E-state index in [4.69, 9.17) is 10.5 Å². The third kappa shape index (κ3) is 4.35. The molecule has 0 saturated heterocycles. The molecule has 0 saturated carbocycles. The van der Waals surface area contributed by atoms with Crippen molar-refractivity contribution in [2.45, 2.75) is 6.92 Å². The molecule has 4 N–H and O–H groups in total. The highest BCUT2D eigenvalue weighted by Gasteiger charge is 2.13. The summed E-state index contributed by atoms with van der Waals surface area (Å²) in [5.74, 6) is 2.18. The Morgan fingerprint density at radius 3 is 2.45 bits per heavy atom. The predicted molar refractivity (Wildman–Crippen MR) is 128 cm³/mol. The van der Waals surface area contributed by atoms with Crippen LogP contribution >= 0.6 is 0 Å². The van der Waals surface area contributed by atoms with Gasteiger partial charge in [-0.2, -0.15) is 5.10 Å². The lowest BCUT2D eigenvalue weighted by molar-refractivity contribution is 0.465. The second-order valence-electron chi connectivity index (χ2n) is 7.42. The van der Waals surface area contributed by atoms with Gasteiger partial charge in [-0.15, -0.1) is 10.2 Å². The Morgan fingerprint density at radius 2 is 1.73 bits per heavy atom. The third-order valence-electron chi connectivity index (χ3n) is 5.12. The van der Waals surface area contributed by atoms with Crippen LogP contribution in [-0.4, -0.2) is 25.4 Å². The van der Waals surface area contributed by atoms with Crippen molar-refractivity contribution in [3.05, 3.63) is 90.8 Å². The van der Waals surface area contributed by atoms with E-state index >= 15 is 0 Å². The summed E-state index contributed by atoms with van der Waals surface area (Å²) in [6.07, 6.45) is 3.39. The topological polar surface area (TPSA) is 115 Å². The molecule has 5 rings (SSSR count). The molecule has 162 valence electrons. The predicted octanol–water partition coefficient (Wildman–Crippen LogP) is 5.36. The quantitative estimate of drug-likeness (QED) is 0.329. The standard InChI is InChI=1S/C25H21N7O/c1-16-14-22(17-6-3-2-4-7-17)30-32-24(16)29-18-9-11-19(12-10-18)33-25-20(8-5-13-27-25)21-15-28-31-23(21)26/h2-15H,1H3,(H,29,32)(H3,26,28,31). The molecule has 8 nitrogen and oxygen atoms in total. The lowest BCUT2D eigenvalue weighted by atomic mass is 10.1. The Bertz CT molecular complexity index is 1380. The molecular formula is C25H21N7O. The number of hydrogen-bond donors (Lipinski definition) is 3. The zero-order chi connectivity index (χ0) is 22.6. The van der Waals surface area contributed by atoms with E-state index in [-0.39, 0.29) is 0 Å². The Kier molecular flexibility index (Phi) is 5.38. The minimum atomic E-state index is 0.391. The van der Waals surface area contributed by atoms with Gasteiger partial charge in [-0.05, 0) is 55.0 Å². The Hall–Kier alpha value is -4.72. The SMILES string of the molecule is Cc1cc(-c2ccccc2)nnc1Nc1ccc(Oc2ncccc2-c2c[nH]nc2N)cc1. The zero-order valence-corrected chi connectivity index (χ0v) is 17.9. The first-order valence-electron chi connectivity index (χ1n) is 10.4. The van der Waals surface area contributed by atoms with E-state index in [1.807, 2.05) is 79.7 Å². The lowest BCUT2D eigenvalue weighted by Crippen LogP contribution is -2.00. The molecule has 0 amide bonds. The highest BCUT2D eigenvalue weighted by Crippen LogP contribution is 2.34. The number of aryl methyl sites for hydroxylation is 1. The number of pyridine rings is 1. The van der Waals surface area contributed by atoms with Crippen LogP contribution in [0, 0.1) is 6.92 Å². The molecule has 0 unspecified atom stereocenters. The summed E-state index contributed by atoms with van der Waals surface area (Å²) < 4.78 is 6.02. The number of nitrogens with two attached hydrogens (primary N) is 1. The summed E-state index contributed by atoms with van der Waals surface area (Å²) in [5.41, 5.74) is 11.2. The smallest absolute Gasteiger partial charge is 0.227 e. The largest absolute Gasteiger partial charge is 0.438 e. The summed E-state index contributed by atoms with van der Waals surface area (Å²) >= 11 is 0. The van der Waals surface area contributed by atoms with Gasteiger partial charge >= 0.3 is 0 Å². The van der Waals surface area contributed by atoms with Crippen molar-refractivity contribution in [3.8, 4) is 34.0 Å². The fraction of sp³-hybridized carbons (Fsp3) is 0.0400. The van der Waals surface area contributed by atoms with Gasteiger partial charge in [-0.25, -0.2) is 4.98 Å². The van der Waals surface area contributed by atoms with Gasteiger partial charge in [0.1, 0.15) is 5.75 Å². The van der Waals surface area contributed by atoms with Gasteiger partial charge in [0, 0.05) is 34.8 Å². The van der Waals surface area contributed by atoms with Gasteiger partial charge in [0.05, 0.1) is 5.69 Å². The average molecular weight is 435 g/mol. The van der Waals surface area contributed by atoms with Gasteiger partial charge in [-0.3, -0.25) is 5.10 Å². The molecule has 33 heavy (non-hydrogen) atoms. The maximum atomic E-state index is 6.02. The third-order valence-corrected chi connectivity index (χ3v) is 5.12. The van der Waals surface area contributed by atoms with Crippen molar-refractivity contribution in [1.82, 2.24) is 25.4 Å². The Morgan fingerprint density at radius 1 is 0.909 bits per heavy atom. The number of anilines is 3. The second-order valence-corrected chi connectivity index (χ2v) is 7.42. The lowest BCUT2D eigenvalue weighted by Gasteiger charge is -2.11. The van der Waals surface area contributed by atoms with Crippen LogP contribution in [-0.2, 0) is 0 Å². The van der Waals surface area contributed by atoms with E-state index in [1.165, 1.54) is 0 Å². The highest BCUT2D eigenvalue weighted by molar-refractivity contribution is 5.76. The number of nitrogens with zero attached hydrogens (tertiary/aromatic N) is 4. The molecule has 0 radical (unpaired) electrons. The van der Waals surface area contributed by atoms with Crippen molar-refractivity contribution in [2.24, 2.45) is 0 Å². The monoisotopic (exact) mass is 435 g/mol. The molecule has 0 aliphatic rings. The van der Waals surface area contributed by atoms with Gasteiger partial charge in [0.2, 0.25) is 5.88 Å². The molecule has 2 aromatic carbocycles. The van der Waals surface area contributed by atoms with E-state index in [0.717, 1.165) is 33.6 Å². The zero-order valence-electron chi connectivity index (χ0n) is 17.9. The maximum Gasteiger partial charge on any atom is 0.227 e. The molecule has 3 aromatic heterocycles. The van der Waals surface area contributed by atoms with Crippen LogP contribution in [0.5, 0.6) is 11.6 Å². The normalized spacial score (nSPS) is 10.7. The van der Waals surface area contributed by atoms with Gasteiger partial charge in [0.25, 0.3) is 0 Å². The van der Waals surface area contributed by atoms with Crippen molar-refractivity contribution >= 4 is 17.3 Å². The van der Waals surface area contributed by atoms with E-state index in [2.05, 4.69) is 30.7 Å². The van der Waals surface area contributed by atoms with E-state index in [1.54, 1.807) is 12.4 Å². The summed E-state index contributed by atoms with van der Waals surface area (Å²) in [6.45, 7) is 2.01. The number of H-pyrrole nitrogens is 1. The van der Waals surface area contributed by atoms with Crippen molar-refractivity contribution in [2.75, 3.05) is 11.1 Å². The molecule has 8 heteroatoms. The van der Waals surface area contributed by atoms with Crippen LogP contribution in [0.15, 0.2) is 85.2 Å². The molecular weight excluding hydrogens is 414 g/mol. The average Bonchev–Trinajstić information content (AvgIpc) is 3.28. The van der Waals surface area contributed by atoms with Crippen LogP contribution in [0.4, 0.5) is 17.3 Å². The molecule has 5 aromatic rings. The minimum absolute atomic E-state index is 0.391. The van der Waals surface area contributed by atoms with Crippen molar-refractivity contribution < 1.29 is 4.74 Å². The van der Waals surface area contributed by atoms with Crippen LogP contribution in [0.2, 0.25) is 0 Å². The van der Waals surface area contributed by atoms with Crippen LogP contribution in [0.25, 0.3) is 22.4 Å². The molecule has 0 fully saturated rings. The first-order chi connectivity index (χ1) is 16.2. The minimum Gasteiger partial charge on any atom is -0.438 e. The number of nitrogen functional groups attached to an aromatic ring is 1. The molecule has 0 atom stereocenters. The first-order valence-corrected chi connectivity index (χ1v) is 10.4. The summed E-state index contributed by atoms with van der Waals surface area (Å²) in [4.78, 5) is 4.35. The fourth-order valence-corrected chi connectivity index (χ4v) is 3.41. The van der Waals surface area contributed by atoms with Crippen molar-refractivity contribution in [1.29, 1.82) is 0 Å². The maximum absolute atomic E-state index is 6.02. The molecule has 0 aliphatic heterocycles. The Labute approximate surface area is 190 Å². The first kappa shape index (κ1) is 20.2. The van der Waals surface area contributed by atoms with Crippen molar-refractivity contribution in [3.63, 3.8) is 0 Å². The molecule has 0 aliphatic carbocycles. The number of nitrogens with one attached hydrogen (secondary N) is 2. The molecule has 0 spiro atoms. The van der Waals surface area contributed by atoms with Gasteiger partial charge < -0.3 is 15.8 Å². The van der Waals surface area contributed by atoms with Gasteiger partial charge in [0.15, 0.2) is 11.6 Å². The summed E-state index contributed by atoms with van der Waals surface area (Å²) in [7, 11) is 0. The number of hydrogen-bond acceptors (Lipinski definition) is 7. The summed E-state index contributed by atoms with van der Waals surface area (Å²) in [5, 5.41) is 18.8. The second kappa shape index (κ2) is 8.80. The number of aromatic nitrogens is 5. The van der Waals surface area contributed by atoms with Crippen LogP contribution in [0.3, 0.4) is 0 Å². The number of benzene rings is 2.